The number of esters is 1. The van der Waals surface area contributed by atoms with Gasteiger partial charge < -0.3 is 9.84 Å². The Bertz CT molecular complexity index is 185. The quantitative estimate of drug-likeness (QED) is 0.379. The van der Waals surface area contributed by atoms with Gasteiger partial charge in [-0.3, -0.25) is 9.59 Å². The van der Waals surface area contributed by atoms with E-state index in [1.54, 1.807) is 6.92 Å². The van der Waals surface area contributed by atoms with Crippen LogP contribution in [0.15, 0.2) is 12.7 Å². The van der Waals surface area contributed by atoms with Gasteiger partial charge >= 0.3 is 11.9 Å². The summed E-state index contributed by atoms with van der Waals surface area (Å²) in [5.41, 5.74) is 0. The van der Waals surface area contributed by atoms with Crippen LogP contribution in [-0.2, 0) is 14.3 Å². The molecule has 0 aliphatic heterocycles. The van der Waals surface area contributed by atoms with Gasteiger partial charge in [0.25, 0.3) is 0 Å². The lowest BCUT2D eigenvalue weighted by atomic mass is 10.1. The molecule has 0 fully saturated rings. The molecule has 0 spiro atoms. The summed E-state index contributed by atoms with van der Waals surface area (Å²) in [4.78, 5) is 21.4. The minimum Gasteiger partial charge on any atom is -0.481 e. The van der Waals surface area contributed by atoms with E-state index in [0.717, 1.165) is 0 Å². The molecular formula is C8H12O4. The molecule has 0 bridgehead atoms. The van der Waals surface area contributed by atoms with Crippen LogP contribution in [0.2, 0.25) is 0 Å². The highest BCUT2D eigenvalue weighted by molar-refractivity contribution is 5.94. The number of ether oxygens (including phenoxy) is 1. The molecule has 4 heteroatoms. The van der Waals surface area contributed by atoms with Gasteiger partial charge in [0.15, 0.2) is 5.92 Å². The molecule has 1 N–H and O–H groups in total. The third-order valence-corrected chi connectivity index (χ3v) is 1.27. The van der Waals surface area contributed by atoms with Gasteiger partial charge in [-0.15, -0.1) is 6.58 Å². The third kappa shape index (κ3) is 3.18. The Balaban J connectivity index is 4.18. The fourth-order valence-electron chi connectivity index (χ4n) is 0.707. The summed E-state index contributed by atoms with van der Waals surface area (Å²) in [5, 5.41) is 8.55. The van der Waals surface area contributed by atoms with Crippen molar-refractivity contribution >= 4 is 11.9 Å². The highest BCUT2D eigenvalue weighted by Crippen LogP contribution is 2.06. The van der Waals surface area contributed by atoms with E-state index in [-0.39, 0.29) is 13.0 Å². The second kappa shape index (κ2) is 5.35. The van der Waals surface area contributed by atoms with E-state index in [2.05, 4.69) is 11.3 Å². The van der Waals surface area contributed by atoms with Gasteiger partial charge in [0, 0.05) is 0 Å². The van der Waals surface area contributed by atoms with Crippen LogP contribution in [0.5, 0.6) is 0 Å². The lowest BCUT2D eigenvalue weighted by Crippen LogP contribution is -2.25. The van der Waals surface area contributed by atoms with Crippen molar-refractivity contribution in [1.82, 2.24) is 0 Å². The van der Waals surface area contributed by atoms with E-state index in [0.29, 0.717) is 0 Å². The normalized spacial score (nSPS) is 11.8. The average Bonchev–Trinajstić information content (AvgIpc) is 1.99. The van der Waals surface area contributed by atoms with Crippen molar-refractivity contribution in [3.63, 3.8) is 0 Å². The Kier molecular flexibility index (Phi) is 4.76. The van der Waals surface area contributed by atoms with Crippen molar-refractivity contribution in [2.45, 2.75) is 13.3 Å². The maximum Gasteiger partial charge on any atom is 0.320 e. The molecule has 0 aromatic carbocycles. The molecule has 12 heavy (non-hydrogen) atoms. The van der Waals surface area contributed by atoms with Crippen LogP contribution in [-0.4, -0.2) is 23.7 Å². The van der Waals surface area contributed by atoms with Crippen molar-refractivity contribution in [3.05, 3.63) is 12.7 Å². The first kappa shape index (κ1) is 10.7. The molecule has 0 aromatic rings. The van der Waals surface area contributed by atoms with Gasteiger partial charge in [-0.2, -0.15) is 0 Å². The molecule has 0 saturated heterocycles. The summed E-state index contributed by atoms with van der Waals surface area (Å²) < 4.78 is 4.55. The Morgan fingerprint density at radius 2 is 2.25 bits per heavy atom. The number of carboxylic acids is 1. The first-order valence-electron chi connectivity index (χ1n) is 3.63. The third-order valence-electron chi connectivity index (χ3n) is 1.27. The van der Waals surface area contributed by atoms with Crippen LogP contribution < -0.4 is 0 Å². The number of carboxylic acid groups (broad SMARTS) is 1. The van der Waals surface area contributed by atoms with Crippen LogP contribution in [0.25, 0.3) is 0 Å². The van der Waals surface area contributed by atoms with E-state index in [1.165, 1.54) is 6.08 Å². The predicted molar refractivity (Wildman–Crippen MR) is 42.6 cm³/mol. The summed E-state index contributed by atoms with van der Waals surface area (Å²) in [5.74, 6) is -2.99. The zero-order valence-electron chi connectivity index (χ0n) is 6.95. The van der Waals surface area contributed by atoms with Crippen LogP contribution in [0.4, 0.5) is 0 Å². The van der Waals surface area contributed by atoms with E-state index in [9.17, 15) is 9.59 Å². The topological polar surface area (TPSA) is 63.6 Å². The molecule has 0 amide bonds. The van der Waals surface area contributed by atoms with Gasteiger partial charge in [-0.1, -0.05) is 6.08 Å². The highest BCUT2D eigenvalue weighted by Gasteiger charge is 2.25. The lowest BCUT2D eigenvalue weighted by molar-refractivity contribution is -0.158. The summed E-state index contributed by atoms with van der Waals surface area (Å²) in [6.45, 7) is 5.18. The molecule has 0 aromatic heterocycles. The van der Waals surface area contributed by atoms with Crippen LogP contribution >= 0.6 is 0 Å². The molecule has 0 aliphatic rings. The number of carbonyl (C=O) groups is 2. The highest BCUT2D eigenvalue weighted by atomic mass is 16.5. The first-order valence-corrected chi connectivity index (χ1v) is 3.63. The smallest absolute Gasteiger partial charge is 0.320 e. The zero-order valence-corrected chi connectivity index (χ0v) is 6.95. The number of rotatable bonds is 5. The van der Waals surface area contributed by atoms with Crippen LogP contribution in [0, 0.1) is 5.92 Å². The zero-order chi connectivity index (χ0) is 9.56. The molecule has 1 atom stereocenters. The summed E-state index contributed by atoms with van der Waals surface area (Å²) in [6.07, 6.45) is 1.49. The molecule has 0 heterocycles. The fourth-order valence-corrected chi connectivity index (χ4v) is 0.707. The molecule has 0 aliphatic carbocycles. The Hall–Kier alpha value is -1.32. The van der Waals surface area contributed by atoms with Crippen LogP contribution in [0.3, 0.4) is 0 Å². The Morgan fingerprint density at radius 3 is 2.58 bits per heavy atom. The molecule has 1 unspecified atom stereocenters. The van der Waals surface area contributed by atoms with Crippen molar-refractivity contribution in [2.24, 2.45) is 5.92 Å². The van der Waals surface area contributed by atoms with Crippen LogP contribution in [0.1, 0.15) is 13.3 Å². The molecule has 0 rings (SSSR count). The minimum atomic E-state index is -1.17. The lowest BCUT2D eigenvalue weighted by Gasteiger charge is -2.07. The van der Waals surface area contributed by atoms with Gasteiger partial charge in [0.2, 0.25) is 0 Å². The molecule has 4 nitrogen and oxygen atoms in total. The molecule has 0 saturated carbocycles. The van der Waals surface area contributed by atoms with E-state index < -0.39 is 17.9 Å². The van der Waals surface area contributed by atoms with E-state index >= 15 is 0 Å². The maximum atomic E-state index is 10.9. The van der Waals surface area contributed by atoms with Gasteiger partial charge in [-0.25, -0.2) is 0 Å². The largest absolute Gasteiger partial charge is 0.481 e. The number of allylic oxidation sites excluding steroid dienone is 1. The SMILES string of the molecule is C=CCC(C(=O)O)C(=O)OCC. The predicted octanol–water partition coefficient (Wildman–Crippen LogP) is 0.826. The average molecular weight is 172 g/mol. The van der Waals surface area contributed by atoms with E-state index in [1.807, 2.05) is 0 Å². The Labute approximate surface area is 70.8 Å². The first-order chi connectivity index (χ1) is 5.63. The number of hydrogen-bond donors (Lipinski definition) is 1. The second-order valence-electron chi connectivity index (χ2n) is 2.17. The fraction of sp³-hybridized carbons (Fsp3) is 0.500. The summed E-state index contributed by atoms with van der Waals surface area (Å²) >= 11 is 0. The van der Waals surface area contributed by atoms with Gasteiger partial charge in [0.05, 0.1) is 6.61 Å². The van der Waals surface area contributed by atoms with Crippen molar-refractivity contribution in [3.8, 4) is 0 Å². The van der Waals surface area contributed by atoms with Crippen molar-refractivity contribution in [1.29, 1.82) is 0 Å². The number of aliphatic carboxylic acids is 1. The number of carbonyl (C=O) groups excluding carboxylic acids is 1. The molecular weight excluding hydrogens is 160 g/mol. The standard InChI is InChI=1S/C8H12O4/c1-3-5-6(7(9)10)8(11)12-4-2/h3,6H,1,4-5H2,2H3,(H,9,10). The van der Waals surface area contributed by atoms with Crippen molar-refractivity contribution in [2.75, 3.05) is 6.61 Å². The maximum absolute atomic E-state index is 10.9. The molecule has 0 radical (unpaired) electrons. The Morgan fingerprint density at radius 1 is 1.67 bits per heavy atom. The van der Waals surface area contributed by atoms with Crippen molar-refractivity contribution < 1.29 is 19.4 Å². The minimum absolute atomic E-state index is 0.105. The molecule has 68 valence electrons. The second-order valence-corrected chi connectivity index (χ2v) is 2.17. The summed E-state index contributed by atoms with van der Waals surface area (Å²) in [6, 6.07) is 0. The number of hydrogen-bond acceptors (Lipinski definition) is 3. The van der Waals surface area contributed by atoms with E-state index in [4.69, 9.17) is 5.11 Å². The monoisotopic (exact) mass is 172 g/mol. The van der Waals surface area contributed by atoms with Gasteiger partial charge in [0.1, 0.15) is 0 Å². The summed E-state index contributed by atoms with van der Waals surface area (Å²) in [7, 11) is 0. The van der Waals surface area contributed by atoms with Gasteiger partial charge in [-0.05, 0) is 13.3 Å².